The summed E-state index contributed by atoms with van der Waals surface area (Å²) in [5, 5.41) is 9.19. The Morgan fingerprint density at radius 2 is 2.24 bits per heavy atom. The van der Waals surface area contributed by atoms with E-state index in [-0.39, 0.29) is 12.5 Å². The van der Waals surface area contributed by atoms with Gasteiger partial charge in [0.25, 0.3) is 0 Å². The van der Waals surface area contributed by atoms with Gasteiger partial charge in [-0.2, -0.15) is 0 Å². The second-order valence-electron chi connectivity index (χ2n) is 5.22. The molecule has 0 aromatic carbocycles. The van der Waals surface area contributed by atoms with Gasteiger partial charge in [-0.05, 0) is 31.6 Å². The van der Waals surface area contributed by atoms with E-state index in [1.165, 1.54) is 0 Å². The van der Waals surface area contributed by atoms with Crippen molar-refractivity contribution in [1.82, 2.24) is 4.90 Å². The van der Waals surface area contributed by atoms with E-state index in [9.17, 15) is 9.90 Å². The topological polar surface area (TPSA) is 40.5 Å². The molecule has 1 fully saturated rings. The van der Waals surface area contributed by atoms with Crippen molar-refractivity contribution in [3.05, 3.63) is 0 Å². The Kier molecular flexibility index (Phi) is 6.56. The lowest BCUT2D eigenvalue weighted by atomic mass is 9.94. The summed E-state index contributed by atoms with van der Waals surface area (Å²) in [4.78, 5) is 14.3. The molecule has 1 amide bonds. The van der Waals surface area contributed by atoms with Crippen LogP contribution in [0.1, 0.15) is 52.4 Å². The van der Waals surface area contributed by atoms with Crippen LogP contribution in [0.4, 0.5) is 0 Å². The molecular weight excluding hydrogens is 214 g/mol. The highest BCUT2D eigenvalue weighted by molar-refractivity contribution is 5.78. The van der Waals surface area contributed by atoms with Gasteiger partial charge in [0.15, 0.2) is 0 Å². The van der Waals surface area contributed by atoms with Crippen LogP contribution in [0.15, 0.2) is 0 Å². The Morgan fingerprint density at radius 1 is 1.47 bits per heavy atom. The van der Waals surface area contributed by atoms with Gasteiger partial charge in [0, 0.05) is 25.6 Å². The minimum Gasteiger partial charge on any atom is -0.396 e. The van der Waals surface area contributed by atoms with E-state index in [0.29, 0.717) is 11.8 Å². The van der Waals surface area contributed by atoms with Gasteiger partial charge in [0.05, 0.1) is 0 Å². The number of likely N-dealkylation sites (tertiary alicyclic amines) is 1. The van der Waals surface area contributed by atoms with E-state index in [4.69, 9.17) is 0 Å². The van der Waals surface area contributed by atoms with E-state index < -0.39 is 0 Å². The number of carbonyl (C=O) groups excluding carboxylic acids is 1. The molecule has 1 aliphatic heterocycles. The van der Waals surface area contributed by atoms with Crippen LogP contribution < -0.4 is 0 Å². The summed E-state index contributed by atoms with van der Waals surface area (Å²) in [6.45, 7) is 6.14. The fourth-order valence-electron chi connectivity index (χ4n) is 2.63. The number of nitrogens with zero attached hydrogens (tertiary/aromatic N) is 1. The van der Waals surface area contributed by atoms with Crippen molar-refractivity contribution in [2.75, 3.05) is 19.7 Å². The van der Waals surface area contributed by atoms with Crippen LogP contribution in [0.5, 0.6) is 0 Å². The first-order chi connectivity index (χ1) is 8.22. The molecule has 1 N–H and O–H groups in total. The number of unbranched alkanes of at least 4 members (excludes halogenated alkanes) is 1. The molecular formula is C14H27NO2. The van der Waals surface area contributed by atoms with Crippen LogP contribution in [-0.4, -0.2) is 35.6 Å². The lowest BCUT2D eigenvalue weighted by Gasteiger charge is -2.34. The fraction of sp³-hybridized carbons (Fsp3) is 0.929. The molecule has 1 rings (SSSR count). The SMILES string of the molecule is CCCC[C@@H](CC)C(=O)N1CCC[C@H](CO)C1. The number of piperidine rings is 1. The molecule has 3 heteroatoms. The highest BCUT2D eigenvalue weighted by Gasteiger charge is 2.27. The summed E-state index contributed by atoms with van der Waals surface area (Å²) >= 11 is 0. The summed E-state index contributed by atoms with van der Waals surface area (Å²) in [6, 6.07) is 0. The molecule has 1 saturated heterocycles. The maximum atomic E-state index is 12.3. The van der Waals surface area contributed by atoms with E-state index in [1.54, 1.807) is 0 Å². The normalized spacial score (nSPS) is 22.5. The first-order valence-corrected chi connectivity index (χ1v) is 7.12. The molecule has 0 aromatic rings. The number of hydrogen-bond acceptors (Lipinski definition) is 2. The van der Waals surface area contributed by atoms with Crippen LogP contribution in [0.3, 0.4) is 0 Å². The van der Waals surface area contributed by atoms with E-state index >= 15 is 0 Å². The molecule has 0 spiro atoms. The van der Waals surface area contributed by atoms with Gasteiger partial charge in [0.1, 0.15) is 0 Å². The molecule has 2 atom stereocenters. The van der Waals surface area contributed by atoms with Crippen LogP contribution in [0.2, 0.25) is 0 Å². The van der Waals surface area contributed by atoms with Crippen molar-refractivity contribution >= 4 is 5.91 Å². The van der Waals surface area contributed by atoms with E-state index in [0.717, 1.165) is 51.6 Å². The molecule has 17 heavy (non-hydrogen) atoms. The predicted molar refractivity (Wildman–Crippen MR) is 69.7 cm³/mol. The maximum absolute atomic E-state index is 12.3. The molecule has 1 aliphatic rings. The Bertz CT molecular complexity index is 230. The third kappa shape index (κ3) is 4.30. The molecule has 0 saturated carbocycles. The van der Waals surface area contributed by atoms with E-state index in [1.807, 2.05) is 4.90 Å². The molecule has 0 radical (unpaired) electrons. The minimum absolute atomic E-state index is 0.201. The van der Waals surface area contributed by atoms with Gasteiger partial charge < -0.3 is 10.0 Å². The van der Waals surface area contributed by atoms with Crippen molar-refractivity contribution in [1.29, 1.82) is 0 Å². The number of aliphatic hydroxyl groups is 1. The van der Waals surface area contributed by atoms with Gasteiger partial charge in [0.2, 0.25) is 5.91 Å². The van der Waals surface area contributed by atoms with Crippen molar-refractivity contribution in [2.24, 2.45) is 11.8 Å². The number of rotatable bonds is 6. The predicted octanol–water partition coefficient (Wildman–Crippen LogP) is 2.43. The lowest BCUT2D eigenvalue weighted by molar-refractivity contribution is -0.138. The van der Waals surface area contributed by atoms with Gasteiger partial charge in [-0.1, -0.05) is 26.7 Å². The Hall–Kier alpha value is -0.570. The van der Waals surface area contributed by atoms with Gasteiger partial charge in [-0.15, -0.1) is 0 Å². The average molecular weight is 241 g/mol. The van der Waals surface area contributed by atoms with Crippen molar-refractivity contribution in [3.8, 4) is 0 Å². The molecule has 0 bridgehead atoms. The fourth-order valence-corrected chi connectivity index (χ4v) is 2.63. The number of hydrogen-bond donors (Lipinski definition) is 1. The monoisotopic (exact) mass is 241 g/mol. The Balaban J connectivity index is 2.48. The quantitative estimate of drug-likeness (QED) is 0.776. The molecule has 0 aliphatic carbocycles. The standard InChI is InChI=1S/C14H27NO2/c1-3-5-8-13(4-2)14(17)15-9-6-7-12(10-15)11-16/h12-13,16H,3-11H2,1-2H3/t12-,13+/m0/s1. The molecule has 0 unspecified atom stereocenters. The largest absolute Gasteiger partial charge is 0.396 e. The summed E-state index contributed by atoms with van der Waals surface area (Å²) in [5.74, 6) is 0.822. The second-order valence-corrected chi connectivity index (χ2v) is 5.22. The Morgan fingerprint density at radius 3 is 2.82 bits per heavy atom. The van der Waals surface area contributed by atoms with Crippen molar-refractivity contribution < 1.29 is 9.90 Å². The number of aliphatic hydroxyl groups excluding tert-OH is 1. The summed E-state index contributed by atoms with van der Waals surface area (Å²) in [5.41, 5.74) is 0. The summed E-state index contributed by atoms with van der Waals surface area (Å²) in [6.07, 6.45) is 6.36. The molecule has 0 aromatic heterocycles. The zero-order valence-electron chi connectivity index (χ0n) is 11.3. The van der Waals surface area contributed by atoms with Crippen LogP contribution in [-0.2, 0) is 4.79 Å². The van der Waals surface area contributed by atoms with Crippen LogP contribution >= 0.6 is 0 Å². The average Bonchev–Trinajstić information content (AvgIpc) is 2.39. The minimum atomic E-state index is 0.201. The first-order valence-electron chi connectivity index (χ1n) is 7.12. The van der Waals surface area contributed by atoms with Crippen LogP contribution in [0, 0.1) is 11.8 Å². The van der Waals surface area contributed by atoms with Crippen molar-refractivity contribution in [2.45, 2.75) is 52.4 Å². The van der Waals surface area contributed by atoms with Gasteiger partial charge in [-0.25, -0.2) is 0 Å². The zero-order chi connectivity index (χ0) is 12.7. The zero-order valence-corrected chi connectivity index (χ0v) is 11.3. The van der Waals surface area contributed by atoms with Crippen molar-refractivity contribution in [3.63, 3.8) is 0 Å². The first kappa shape index (κ1) is 14.5. The Labute approximate surface area is 105 Å². The highest BCUT2D eigenvalue weighted by atomic mass is 16.3. The lowest BCUT2D eigenvalue weighted by Crippen LogP contribution is -2.43. The number of amides is 1. The molecule has 100 valence electrons. The smallest absolute Gasteiger partial charge is 0.225 e. The highest BCUT2D eigenvalue weighted by Crippen LogP contribution is 2.21. The third-order valence-electron chi connectivity index (χ3n) is 3.84. The van der Waals surface area contributed by atoms with E-state index in [2.05, 4.69) is 13.8 Å². The van der Waals surface area contributed by atoms with Crippen LogP contribution in [0.25, 0.3) is 0 Å². The summed E-state index contributed by atoms with van der Waals surface area (Å²) < 4.78 is 0. The molecule has 3 nitrogen and oxygen atoms in total. The third-order valence-corrected chi connectivity index (χ3v) is 3.84. The van der Waals surface area contributed by atoms with Gasteiger partial charge >= 0.3 is 0 Å². The van der Waals surface area contributed by atoms with Gasteiger partial charge in [-0.3, -0.25) is 4.79 Å². The molecule has 1 heterocycles. The summed E-state index contributed by atoms with van der Waals surface area (Å²) in [7, 11) is 0. The second kappa shape index (κ2) is 7.70. The number of carbonyl (C=O) groups is 1. The maximum Gasteiger partial charge on any atom is 0.225 e.